The molecule has 0 fully saturated rings. The second-order valence-corrected chi connectivity index (χ2v) is 8.48. The number of rotatable bonds is 8. The van der Waals surface area contributed by atoms with Crippen LogP contribution in [0.2, 0.25) is 5.02 Å². The second kappa shape index (κ2) is 10.1. The van der Waals surface area contributed by atoms with E-state index >= 15 is 0 Å². The predicted octanol–water partition coefficient (Wildman–Crippen LogP) is 4.91. The van der Waals surface area contributed by atoms with E-state index in [4.69, 9.17) is 30.5 Å². The van der Waals surface area contributed by atoms with E-state index in [0.717, 1.165) is 18.6 Å². The van der Waals surface area contributed by atoms with Crippen LogP contribution in [0.15, 0.2) is 60.7 Å². The fourth-order valence-electron chi connectivity index (χ4n) is 3.86. The average molecular weight is 495 g/mol. The summed E-state index contributed by atoms with van der Waals surface area (Å²) < 4.78 is 22.0. The van der Waals surface area contributed by atoms with Crippen molar-refractivity contribution in [1.29, 1.82) is 0 Å². The van der Waals surface area contributed by atoms with Gasteiger partial charge in [0.25, 0.3) is 11.8 Å². The lowest BCUT2D eigenvalue weighted by atomic mass is 10.1. The molecule has 5 rings (SSSR count). The summed E-state index contributed by atoms with van der Waals surface area (Å²) in [5, 5.41) is 3.54. The number of hydrogen-bond donors (Lipinski definition) is 1. The first kappa shape index (κ1) is 22.9. The van der Waals surface area contributed by atoms with Gasteiger partial charge in [0, 0.05) is 22.8 Å². The van der Waals surface area contributed by atoms with Crippen molar-refractivity contribution in [1.82, 2.24) is 0 Å². The normalized spacial score (nSPS) is 13.7. The molecule has 8 nitrogen and oxygen atoms in total. The summed E-state index contributed by atoms with van der Waals surface area (Å²) in [6.07, 6.45) is 1.51. The van der Waals surface area contributed by atoms with Crippen LogP contribution in [0.4, 0.5) is 11.4 Å². The van der Waals surface area contributed by atoms with Gasteiger partial charge in [-0.2, -0.15) is 0 Å². The molecule has 2 aliphatic rings. The molecule has 35 heavy (non-hydrogen) atoms. The Kier molecular flexibility index (Phi) is 6.63. The van der Waals surface area contributed by atoms with Gasteiger partial charge < -0.3 is 29.2 Å². The predicted molar refractivity (Wildman–Crippen MR) is 131 cm³/mol. The first-order valence-electron chi connectivity index (χ1n) is 11.2. The zero-order valence-corrected chi connectivity index (χ0v) is 19.5. The lowest BCUT2D eigenvalue weighted by molar-refractivity contribution is -0.121. The minimum atomic E-state index is -0.294. The number of anilines is 2. The van der Waals surface area contributed by atoms with Gasteiger partial charge in [-0.05, 0) is 73.5 Å². The Morgan fingerprint density at radius 2 is 1.74 bits per heavy atom. The zero-order chi connectivity index (χ0) is 24.2. The van der Waals surface area contributed by atoms with Crippen molar-refractivity contribution in [2.75, 3.05) is 36.8 Å². The fraction of sp³-hybridized carbons (Fsp3) is 0.231. The van der Waals surface area contributed by atoms with E-state index in [1.165, 1.54) is 0 Å². The number of unbranched alkanes of at least 4 members (excludes halogenated alkanes) is 1. The molecule has 0 bridgehead atoms. The number of carbonyl (C=O) groups is 2. The molecule has 0 radical (unpaired) electrons. The van der Waals surface area contributed by atoms with Crippen molar-refractivity contribution in [3.05, 3.63) is 71.2 Å². The second-order valence-electron chi connectivity index (χ2n) is 8.05. The van der Waals surface area contributed by atoms with Crippen LogP contribution in [-0.2, 0) is 4.79 Å². The highest BCUT2D eigenvalue weighted by molar-refractivity contribution is 6.30. The molecule has 2 amide bonds. The van der Waals surface area contributed by atoms with Gasteiger partial charge in [0.05, 0.1) is 12.3 Å². The summed E-state index contributed by atoms with van der Waals surface area (Å²) in [4.78, 5) is 27.0. The molecule has 0 saturated carbocycles. The third-order valence-electron chi connectivity index (χ3n) is 5.65. The summed E-state index contributed by atoms with van der Waals surface area (Å²) in [6.45, 7) is 1.16. The third kappa shape index (κ3) is 5.27. The number of hydrogen-bond acceptors (Lipinski definition) is 6. The van der Waals surface area contributed by atoms with Crippen molar-refractivity contribution in [2.24, 2.45) is 0 Å². The molecular weight excluding hydrogens is 472 g/mol. The van der Waals surface area contributed by atoms with Crippen LogP contribution >= 0.6 is 11.6 Å². The highest BCUT2D eigenvalue weighted by atomic mass is 35.5. The summed E-state index contributed by atoms with van der Waals surface area (Å²) in [7, 11) is 0. The first-order valence-corrected chi connectivity index (χ1v) is 11.6. The molecule has 0 unspecified atom stereocenters. The molecule has 0 spiro atoms. The van der Waals surface area contributed by atoms with Gasteiger partial charge in [-0.1, -0.05) is 11.6 Å². The number of ether oxygens (including phenoxy) is 4. The Morgan fingerprint density at radius 1 is 0.943 bits per heavy atom. The summed E-state index contributed by atoms with van der Waals surface area (Å²) in [5.74, 6) is 2.08. The van der Waals surface area contributed by atoms with E-state index in [1.807, 2.05) is 12.1 Å². The molecule has 2 aliphatic heterocycles. The maximum Gasteiger partial charge on any atom is 0.265 e. The lowest BCUT2D eigenvalue weighted by Crippen LogP contribution is -2.39. The maximum absolute atomic E-state index is 12.8. The Hall–Kier alpha value is -3.91. The van der Waals surface area contributed by atoms with Crippen LogP contribution < -0.4 is 29.2 Å². The molecule has 1 N–H and O–H groups in total. The number of nitrogens with zero attached hydrogens (tertiary/aromatic N) is 1. The van der Waals surface area contributed by atoms with Gasteiger partial charge in [-0.25, -0.2) is 0 Å². The van der Waals surface area contributed by atoms with Crippen molar-refractivity contribution in [3.63, 3.8) is 0 Å². The maximum atomic E-state index is 12.8. The van der Waals surface area contributed by atoms with Gasteiger partial charge in [0.15, 0.2) is 18.1 Å². The Labute approximate surface area is 207 Å². The zero-order valence-electron chi connectivity index (χ0n) is 18.8. The topological polar surface area (TPSA) is 86.3 Å². The minimum Gasteiger partial charge on any atom is -0.494 e. The van der Waals surface area contributed by atoms with Crippen LogP contribution in [0.5, 0.6) is 23.0 Å². The molecule has 9 heteroatoms. The number of benzene rings is 3. The van der Waals surface area contributed by atoms with Crippen molar-refractivity contribution in [2.45, 2.75) is 12.8 Å². The van der Waals surface area contributed by atoms with E-state index in [-0.39, 0.29) is 25.2 Å². The van der Waals surface area contributed by atoms with Crippen LogP contribution in [0.25, 0.3) is 0 Å². The standard InChI is InChI=1S/C26H23ClN2O6/c27-18-4-7-20(8-5-18)32-12-2-1-11-29-21-14-19(6-10-22(21)33-15-25(29)30)28-26(31)17-3-9-23-24(13-17)35-16-34-23/h3-10,13-14H,1-2,11-12,15-16H2,(H,28,31). The Bertz CT molecular complexity index is 1250. The van der Waals surface area contributed by atoms with E-state index in [9.17, 15) is 9.59 Å². The van der Waals surface area contributed by atoms with Crippen LogP contribution in [0.1, 0.15) is 23.2 Å². The Morgan fingerprint density at radius 3 is 2.60 bits per heavy atom. The van der Waals surface area contributed by atoms with Crippen LogP contribution in [-0.4, -0.2) is 38.4 Å². The molecule has 2 heterocycles. The molecule has 180 valence electrons. The Balaban J connectivity index is 1.20. The van der Waals surface area contributed by atoms with Crippen LogP contribution in [0, 0.1) is 0 Å². The SMILES string of the molecule is O=C(Nc1ccc2c(c1)N(CCCCOc1ccc(Cl)cc1)C(=O)CO2)c1ccc2c(c1)OCO2. The summed E-state index contributed by atoms with van der Waals surface area (Å²) in [6, 6.07) is 17.5. The first-order chi connectivity index (χ1) is 17.1. The molecule has 3 aromatic rings. The van der Waals surface area contributed by atoms with Gasteiger partial charge in [-0.3, -0.25) is 9.59 Å². The minimum absolute atomic E-state index is 0.0167. The van der Waals surface area contributed by atoms with Crippen molar-refractivity contribution < 1.29 is 28.5 Å². The lowest BCUT2D eigenvalue weighted by Gasteiger charge is -2.30. The quantitative estimate of drug-likeness (QED) is 0.448. The summed E-state index contributed by atoms with van der Waals surface area (Å²) >= 11 is 5.89. The van der Waals surface area contributed by atoms with Gasteiger partial charge in [0.2, 0.25) is 6.79 Å². The van der Waals surface area contributed by atoms with Crippen molar-refractivity contribution >= 4 is 34.8 Å². The highest BCUT2D eigenvalue weighted by Crippen LogP contribution is 2.36. The molecule has 0 aromatic heterocycles. The summed E-state index contributed by atoms with van der Waals surface area (Å²) in [5.41, 5.74) is 1.63. The monoisotopic (exact) mass is 494 g/mol. The molecule has 0 aliphatic carbocycles. The number of amides is 2. The number of carbonyl (C=O) groups excluding carboxylic acids is 2. The fourth-order valence-corrected chi connectivity index (χ4v) is 3.98. The highest BCUT2D eigenvalue weighted by Gasteiger charge is 2.26. The van der Waals surface area contributed by atoms with E-state index in [0.29, 0.717) is 52.4 Å². The largest absolute Gasteiger partial charge is 0.494 e. The number of nitrogens with one attached hydrogen (secondary N) is 1. The molecular formula is C26H23ClN2O6. The third-order valence-corrected chi connectivity index (χ3v) is 5.90. The van der Waals surface area contributed by atoms with E-state index in [1.54, 1.807) is 53.4 Å². The number of fused-ring (bicyclic) bond motifs is 2. The molecule has 0 atom stereocenters. The van der Waals surface area contributed by atoms with Gasteiger partial charge in [-0.15, -0.1) is 0 Å². The van der Waals surface area contributed by atoms with E-state index in [2.05, 4.69) is 5.32 Å². The average Bonchev–Trinajstić information content (AvgIpc) is 3.34. The van der Waals surface area contributed by atoms with Crippen LogP contribution in [0.3, 0.4) is 0 Å². The molecule has 3 aromatic carbocycles. The number of halogens is 1. The molecule has 0 saturated heterocycles. The smallest absolute Gasteiger partial charge is 0.265 e. The van der Waals surface area contributed by atoms with Crippen molar-refractivity contribution in [3.8, 4) is 23.0 Å². The van der Waals surface area contributed by atoms with Gasteiger partial charge >= 0.3 is 0 Å². The van der Waals surface area contributed by atoms with Gasteiger partial charge in [0.1, 0.15) is 11.5 Å². The van der Waals surface area contributed by atoms with E-state index < -0.39 is 0 Å².